The van der Waals surface area contributed by atoms with Gasteiger partial charge in [-0.05, 0) is 30.9 Å². The highest BCUT2D eigenvalue weighted by Gasteiger charge is 2.26. The number of nitrogens with zero attached hydrogens (tertiary/aromatic N) is 6. The summed E-state index contributed by atoms with van der Waals surface area (Å²) in [7, 11) is 1.88. The van der Waals surface area contributed by atoms with Gasteiger partial charge in [-0.3, -0.25) is 4.79 Å². The molecular weight excluding hydrogens is 402 g/mol. The zero-order chi connectivity index (χ0) is 21.9. The minimum absolute atomic E-state index is 0.0872. The van der Waals surface area contributed by atoms with E-state index in [9.17, 15) is 4.79 Å². The maximum Gasteiger partial charge on any atom is 0.269 e. The SMILES string of the molecule is Cn1c(C(=O)NC2CCC(n3nnc(-c4ccccc4)n3)CC2)cnc1-c1ccccc1. The van der Waals surface area contributed by atoms with E-state index >= 15 is 0 Å². The zero-order valence-electron chi connectivity index (χ0n) is 17.9. The van der Waals surface area contributed by atoms with Crippen molar-refractivity contribution >= 4 is 5.91 Å². The lowest BCUT2D eigenvalue weighted by molar-refractivity contribution is 0.0912. The van der Waals surface area contributed by atoms with E-state index in [1.54, 1.807) is 11.0 Å². The number of rotatable bonds is 5. The van der Waals surface area contributed by atoms with Crippen LogP contribution in [0.25, 0.3) is 22.8 Å². The number of carbonyl (C=O) groups excluding carboxylic acids is 1. The number of amides is 1. The van der Waals surface area contributed by atoms with Crippen LogP contribution in [0.1, 0.15) is 42.2 Å². The highest BCUT2D eigenvalue weighted by atomic mass is 16.2. The standard InChI is InChI=1S/C24H25N7O/c1-30-21(16-25-23(30)18-10-6-3-7-11-18)24(32)26-19-12-14-20(15-13-19)31-28-22(27-29-31)17-8-4-2-5-9-17/h2-11,16,19-20H,12-15H2,1H3,(H,26,32). The Labute approximate surface area is 186 Å². The van der Waals surface area contributed by atoms with Gasteiger partial charge in [0, 0.05) is 24.2 Å². The predicted molar refractivity (Wildman–Crippen MR) is 121 cm³/mol. The smallest absolute Gasteiger partial charge is 0.269 e. The van der Waals surface area contributed by atoms with Crippen LogP contribution in [-0.2, 0) is 7.05 Å². The van der Waals surface area contributed by atoms with E-state index in [0.29, 0.717) is 11.5 Å². The van der Waals surface area contributed by atoms with Gasteiger partial charge in [-0.15, -0.1) is 10.2 Å². The van der Waals surface area contributed by atoms with Crippen molar-refractivity contribution in [1.29, 1.82) is 0 Å². The molecule has 0 spiro atoms. The van der Waals surface area contributed by atoms with Crippen molar-refractivity contribution in [2.75, 3.05) is 0 Å². The van der Waals surface area contributed by atoms with Crippen LogP contribution in [0.4, 0.5) is 0 Å². The van der Waals surface area contributed by atoms with Gasteiger partial charge in [-0.2, -0.15) is 4.80 Å². The number of benzene rings is 2. The van der Waals surface area contributed by atoms with Gasteiger partial charge in [0.1, 0.15) is 11.5 Å². The van der Waals surface area contributed by atoms with E-state index in [4.69, 9.17) is 0 Å². The minimum atomic E-state index is -0.0872. The first-order valence-corrected chi connectivity index (χ1v) is 10.9. The highest BCUT2D eigenvalue weighted by Crippen LogP contribution is 2.28. The Balaban J connectivity index is 1.19. The van der Waals surface area contributed by atoms with E-state index in [1.165, 1.54) is 0 Å². The second kappa shape index (κ2) is 8.74. The fraction of sp³-hybridized carbons (Fsp3) is 0.292. The molecule has 1 aliphatic rings. The molecule has 0 aliphatic heterocycles. The van der Waals surface area contributed by atoms with Crippen LogP contribution >= 0.6 is 0 Å². The van der Waals surface area contributed by atoms with Gasteiger partial charge >= 0.3 is 0 Å². The molecule has 5 rings (SSSR count). The number of hydrogen-bond acceptors (Lipinski definition) is 5. The number of imidazole rings is 1. The topological polar surface area (TPSA) is 90.5 Å². The molecular formula is C24H25N7O. The molecule has 1 amide bonds. The van der Waals surface area contributed by atoms with Crippen LogP contribution in [0.3, 0.4) is 0 Å². The van der Waals surface area contributed by atoms with Crippen molar-refractivity contribution in [2.45, 2.75) is 37.8 Å². The normalized spacial score (nSPS) is 18.4. The van der Waals surface area contributed by atoms with E-state index in [0.717, 1.165) is 42.6 Å². The van der Waals surface area contributed by atoms with Crippen molar-refractivity contribution in [1.82, 2.24) is 35.1 Å². The van der Waals surface area contributed by atoms with Crippen molar-refractivity contribution in [3.05, 3.63) is 72.6 Å². The Morgan fingerprint density at radius 2 is 1.59 bits per heavy atom. The molecule has 1 N–H and O–H groups in total. The molecule has 4 aromatic rings. The van der Waals surface area contributed by atoms with Crippen LogP contribution in [0.2, 0.25) is 0 Å². The first kappa shape index (κ1) is 20.1. The highest BCUT2D eigenvalue weighted by molar-refractivity contribution is 5.93. The summed E-state index contributed by atoms with van der Waals surface area (Å²) < 4.78 is 1.85. The van der Waals surface area contributed by atoms with Crippen LogP contribution in [0.15, 0.2) is 66.9 Å². The second-order valence-corrected chi connectivity index (χ2v) is 8.17. The Morgan fingerprint density at radius 1 is 0.938 bits per heavy atom. The van der Waals surface area contributed by atoms with E-state index < -0.39 is 0 Å². The quantitative estimate of drug-likeness (QED) is 0.525. The fourth-order valence-corrected chi connectivity index (χ4v) is 4.27. The van der Waals surface area contributed by atoms with Crippen LogP contribution < -0.4 is 5.32 Å². The molecule has 1 aliphatic carbocycles. The van der Waals surface area contributed by atoms with Crippen LogP contribution in [-0.4, -0.2) is 41.7 Å². The van der Waals surface area contributed by atoms with Crippen LogP contribution in [0.5, 0.6) is 0 Å². The summed E-state index contributed by atoms with van der Waals surface area (Å²) >= 11 is 0. The first-order chi connectivity index (χ1) is 15.7. The number of nitrogens with one attached hydrogen (secondary N) is 1. The first-order valence-electron chi connectivity index (χ1n) is 10.9. The molecule has 0 radical (unpaired) electrons. The van der Waals surface area contributed by atoms with Gasteiger partial charge in [0.05, 0.1) is 12.2 Å². The average molecular weight is 428 g/mol. The van der Waals surface area contributed by atoms with Gasteiger partial charge in [-0.25, -0.2) is 4.98 Å². The molecule has 0 unspecified atom stereocenters. The number of carbonyl (C=O) groups is 1. The maximum absolute atomic E-state index is 12.9. The third-order valence-corrected chi connectivity index (χ3v) is 6.07. The molecule has 0 bridgehead atoms. The third kappa shape index (κ3) is 4.03. The molecule has 162 valence electrons. The lowest BCUT2D eigenvalue weighted by Gasteiger charge is -2.28. The number of aromatic nitrogens is 6. The molecule has 0 saturated heterocycles. The fourth-order valence-electron chi connectivity index (χ4n) is 4.27. The molecule has 8 heteroatoms. The number of tetrazole rings is 1. The Hall–Kier alpha value is -3.81. The monoisotopic (exact) mass is 427 g/mol. The summed E-state index contributed by atoms with van der Waals surface area (Å²) in [5.74, 6) is 1.34. The summed E-state index contributed by atoms with van der Waals surface area (Å²) in [5.41, 5.74) is 2.52. The van der Waals surface area contributed by atoms with E-state index in [1.807, 2.05) is 72.3 Å². The lowest BCUT2D eigenvalue weighted by atomic mass is 9.91. The predicted octanol–water partition coefficient (Wildman–Crippen LogP) is 3.65. The van der Waals surface area contributed by atoms with Crippen molar-refractivity contribution in [3.63, 3.8) is 0 Å². The van der Waals surface area contributed by atoms with Crippen molar-refractivity contribution in [2.24, 2.45) is 7.05 Å². The second-order valence-electron chi connectivity index (χ2n) is 8.17. The Bertz CT molecular complexity index is 1190. The molecule has 32 heavy (non-hydrogen) atoms. The van der Waals surface area contributed by atoms with Crippen LogP contribution in [0, 0.1) is 0 Å². The Morgan fingerprint density at radius 3 is 2.28 bits per heavy atom. The number of hydrogen-bond donors (Lipinski definition) is 1. The Kier molecular flexibility index (Phi) is 5.49. The van der Waals surface area contributed by atoms with Gasteiger partial charge in [0.25, 0.3) is 5.91 Å². The molecule has 2 heterocycles. The minimum Gasteiger partial charge on any atom is -0.348 e. The molecule has 2 aromatic heterocycles. The molecule has 0 atom stereocenters. The summed E-state index contributed by atoms with van der Waals surface area (Å²) in [5, 5.41) is 16.2. The summed E-state index contributed by atoms with van der Waals surface area (Å²) in [4.78, 5) is 19.1. The molecule has 1 saturated carbocycles. The largest absolute Gasteiger partial charge is 0.348 e. The molecule has 8 nitrogen and oxygen atoms in total. The summed E-state index contributed by atoms with van der Waals surface area (Å²) in [6, 6.07) is 20.1. The van der Waals surface area contributed by atoms with Gasteiger partial charge in [0.15, 0.2) is 0 Å². The maximum atomic E-state index is 12.9. The molecule has 1 fully saturated rings. The average Bonchev–Trinajstić information content (AvgIpc) is 3.48. The summed E-state index contributed by atoms with van der Waals surface area (Å²) in [6.45, 7) is 0. The van der Waals surface area contributed by atoms with Gasteiger partial charge in [0.2, 0.25) is 5.82 Å². The third-order valence-electron chi connectivity index (χ3n) is 6.07. The summed E-state index contributed by atoms with van der Waals surface area (Å²) in [6.07, 6.45) is 5.20. The molecule has 2 aromatic carbocycles. The van der Waals surface area contributed by atoms with Gasteiger partial charge in [-0.1, -0.05) is 60.7 Å². The zero-order valence-corrected chi connectivity index (χ0v) is 17.9. The van der Waals surface area contributed by atoms with Crippen molar-refractivity contribution < 1.29 is 4.79 Å². The van der Waals surface area contributed by atoms with Gasteiger partial charge < -0.3 is 9.88 Å². The lowest BCUT2D eigenvalue weighted by Crippen LogP contribution is -2.39. The van der Waals surface area contributed by atoms with E-state index in [2.05, 4.69) is 25.7 Å². The van der Waals surface area contributed by atoms with Crippen molar-refractivity contribution in [3.8, 4) is 22.8 Å². The van der Waals surface area contributed by atoms with E-state index in [-0.39, 0.29) is 18.0 Å².